The van der Waals surface area contributed by atoms with Crippen molar-refractivity contribution in [2.45, 2.75) is 45.8 Å². The van der Waals surface area contributed by atoms with Gasteiger partial charge in [0.1, 0.15) is 0 Å². The van der Waals surface area contributed by atoms with E-state index in [0.29, 0.717) is 19.3 Å². The Labute approximate surface area is 81.5 Å². The summed E-state index contributed by atoms with van der Waals surface area (Å²) in [5.41, 5.74) is -0.703. The lowest BCUT2D eigenvalue weighted by molar-refractivity contribution is -0.0212. The number of hydrogen-bond donors (Lipinski definition) is 2. The molecule has 0 amide bonds. The average Bonchev–Trinajstić information content (AvgIpc) is 1.93. The van der Waals surface area contributed by atoms with Crippen molar-refractivity contribution < 1.29 is 9.84 Å². The summed E-state index contributed by atoms with van der Waals surface area (Å²) in [5.74, 6) is 0. The molecule has 3 heteroatoms. The van der Waals surface area contributed by atoms with Crippen LogP contribution in [0.2, 0.25) is 0 Å². The largest absolute Gasteiger partial charge is 0.388 e. The van der Waals surface area contributed by atoms with Gasteiger partial charge in [0.2, 0.25) is 0 Å². The second-order valence-corrected chi connectivity index (χ2v) is 4.33. The molecular formula is C10H23NO2. The Hall–Kier alpha value is -0.120. The van der Waals surface area contributed by atoms with Crippen molar-refractivity contribution in [1.82, 2.24) is 5.32 Å². The summed E-state index contributed by atoms with van der Waals surface area (Å²) >= 11 is 0. The van der Waals surface area contributed by atoms with Crippen LogP contribution in [0.5, 0.6) is 0 Å². The van der Waals surface area contributed by atoms with Gasteiger partial charge in [0.05, 0.1) is 12.2 Å². The lowest BCUT2D eigenvalue weighted by Crippen LogP contribution is -2.28. The van der Waals surface area contributed by atoms with E-state index in [4.69, 9.17) is 4.74 Å². The summed E-state index contributed by atoms with van der Waals surface area (Å²) in [5, 5.41) is 12.6. The predicted molar refractivity (Wildman–Crippen MR) is 54.9 cm³/mol. The lowest BCUT2D eigenvalue weighted by Gasteiger charge is -2.17. The summed E-state index contributed by atoms with van der Waals surface area (Å²) < 4.78 is 5.29. The van der Waals surface area contributed by atoms with E-state index in [2.05, 4.69) is 19.2 Å². The first-order valence-electron chi connectivity index (χ1n) is 4.95. The highest BCUT2D eigenvalue weighted by atomic mass is 16.5. The van der Waals surface area contributed by atoms with Gasteiger partial charge in [-0.05, 0) is 26.8 Å². The average molecular weight is 189 g/mol. The van der Waals surface area contributed by atoms with Gasteiger partial charge in [-0.3, -0.25) is 0 Å². The van der Waals surface area contributed by atoms with Crippen LogP contribution in [-0.2, 0) is 4.74 Å². The number of hydrogen-bond acceptors (Lipinski definition) is 3. The van der Waals surface area contributed by atoms with Crippen molar-refractivity contribution in [1.29, 1.82) is 0 Å². The lowest BCUT2D eigenvalue weighted by atomic mass is 10.2. The Kier molecular flexibility index (Phi) is 6.29. The van der Waals surface area contributed by atoms with Crippen molar-refractivity contribution >= 4 is 0 Å². The Morgan fingerprint density at radius 3 is 2.46 bits per heavy atom. The van der Waals surface area contributed by atoms with Gasteiger partial charge >= 0.3 is 0 Å². The van der Waals surface area contributed by atoms with Crippen molar-refractivity contribution in [2.24, 2.45) is 0 Å². The Bertz CT molecular complexity index is 119. The van der Waals surface area contributed by atoms with Crippen LogP contribution in [-0.4, -0.2) is 36.5 Å². The Balaban J connectivity index is 3.09. The molecule has 0 heterocycles. The van der Waals surface area contributed by atoms with Crippen LogP contribution in [0, 0.1) is 0 Å². The fourth-order valence-corrected chi connectivity index (χ4v) is 0.887. The molecule has 0 spiro atoms. The van der Waals surface area contributed by atoms with E-state index in [0.717, 1.165) is 13.0 Å². The molecule has 0 atom stereocenters. The minimum Gasteiger partial charge on any atom is -0.388 e. The SMILES string of the molecule is CC(C)NCCCOCC(C)(C)O. The van der Waals surface area contributed by atoms with Gasteiger partial charge in [-0.1, -0.05) is 13.8 Å². The smallest absolute Gasteiger partial charge is 0.0824 e. The highest BCUT2D eigenvalue weighted by Crippen LogP contribution is 2.00. The summed E-state index contributed by atoms with van der Waals surface area (Å²) in [6.07, 6.45) is 0.994. The molecule has 0 saturated heterocycles. The van der Waals surface area contributed by atoms with Gasteiger partial charge < -0.3 is 15.2 Å². The number of nitrogens with one attached hydrogen (secondary N) is 1. The van der Waals surface area contributed by atoms with E-state index in [-0.39, 0.29) is 0 Å². The predicted octanol–water partition coefficient (Wildman–Crippen LogP) is 1.16. The third-order valence-corrected chi connectivity index (χ3v) is 1.47. The first-order valence-corrected chi connectivity index (χ1v) is 4.95. The van der Waals surface area contributed by atoms with Gasteiger partial charge in [-0.15, -0.1) is 0 Å². The molecule has 0 fully saturated rings. The van der Waals surface area contributed by atoms with Crippen LogP contribution in [0.1, 0.15) is 34.1 Å². The van der Waals surface area contributed by atoms with Crippen LogP contribution in [0.25, 0.3) is 0 Å². The first kappa shape index (κ1) is 12.9. The van der Waals surface area contributed by atoms with E-state index < -0.39 is 5.60 Å². The number of rotatable bonds is 7. The molecule has 0 aliphatic rings. The number of aliphatic hydroxyl groups is 1. The zero-order chi connectivity index (χ0) is 10.3. The maximum absolute atomic E-state index is 9.32. The molecule has 80 valence electrons. The van der Waals surface area contributed by atoms with E-state index in [9.17, 15) is 5.11 Å². The van der Waals surface area contributed by atoms with Gasteiger partial charge in [0, 0.05) is 12.6 Å². The fraction of sp³-hybridized carbons (Fsp3) is 1.00. The molecule has 0 aromatic heterocycles. The molecule has 13 heavy (non-hydrogen) atoms. The highest BCUT2D eigenvalue weighted by Gasteiger charge is 2.11. The van der Waals surface area contributed by atoms with Gasteiger partial charge in [-0.2, -0.15) is 0 Å². The van der Waals surface area contributed by atoms with E-state index >= 15 is 0 Å². The van der Waals surface area contributed by atoms with Gasteiger partial charge in [-0.25, -0.2) is 0 Å². The van der Waals surface area contributed by atoms with Crippen molar-refractivity contribution in [3.8, 4) is 0 Å². The zero-order valence-electron chi connectivity index (χ0n) is 9.26. The van der Waals surface area contributed by atoms with Gasteiger partial charge in [0.25, 0.3) is 0 Å². The summed E-state index contributed by atoms with van der Waals surface area (Å²) in [7, 11) is 0. The Morgan fingerprint density at radius 2 is 2.00 bits per heavy atom. The topological polar surface area (TPSA) is 41.5 Å². The molecule has 0 saturated carbocycles. The molecule has 0 unspecified atom stereocenters. The second-order valence-electron chi connectivity index (χ2n) is 4.33. The molecule has 0 rings (SSSR count). The van der Waals surface area contributed by atoms with Crippen molar-refractivity contribution in [2.75, 3.05) is 19.8 Å². The molecule has 0 aliphatic heterocycles. The Morgan fingerprint density at radius 1 is 1.38 bits per heavy atom. The molecule has 3 nitrogen and oxygen atoms in total. The van der Waals surface area contributed by atoms with Crippen LogP contribution in [0.3, 0.4) is 0 Å². The van der Waals surface area contributed by atoms with E-state index in [1.807, 2.05) is 0 Å². The standard InChI is InChI=1S/C10H23NO2/c1-9(2)11-6-5-7-13-8-10(3,4)12/h9,11-12H,5-8H2,1-4H3. The maximum atomic E-state index is 9.32. The number of ether oxygens (including phenoxy) is 1. The van der Waals surface area contributed by atoms with Crippen molar-refractivity contribution in [3.05, 3.63) is 0 Å². The summed E-state index contributed by atoms with van der Waals surface area (Å²) in [4.78, 5) is 0. The zero-order valence-corrected chi connectivity index (χ0v) is 9.26. The molecule has 2 N–H and O–H groups in total. The van der Waals surface area contributed by atoms with E-state index in [1.54, 1.807) is 13.8 Å². The third kappa shape index (κ3) is 11.9. The minimum atomic E-state index is -0.703. The van der Waals surface area contributed by atoms with E-state index in [1.165, 1.54) is 0 Å². The molecular weight excluding hydrogens is 166 g/mol. The molecule has 0 bridgehead atoms. The van der Waals surface area contributed by atoms with Gasteiger partial charge in [0.15, 0.2) is 0 Å². The highest BCUT2D eigenvalue weighted by molar-refractivity contribution is 4.62. The van der Waals surface area contributed by atoms with Crippen LogP contribution >= 0.6 is 0 Å². The third-order valence-electron chi connectivity index (χ3n) is 1.47. The molecule has 0 radical (unpaired) electrons. The fourth-order valence-electron chi connectivity index (χ4n) is 0.887. The summed E-state index contributed by atoms with van der Waals surface area (Å²) in [6, 6.07) is 0.536. The minimum absolute atomic E-state index is 0.411. The molecule has 0 aliphatic carbocycles. The quantitative estimate of drug-likeness (QED) is 0.591. The van der Waals surface area contributed by atoms with Crippen molar-refractivity contribution in [3.63, 3.8) is 0 Å². The molecule has 0 aromatic carbocycles. The first-order chi connectivity index (χ1) is 5.92. The van der Waals surface area contributed by atoms with Crippen LogP contribution in [0.4, 0.5) is 0 Å². The van der Waals surface area contributed by atoms with Crippen LogP contribution in [0.15, 0.2) is 0 Å². The van der Waals surface area contributed by atoms with Crippen LogP contribution < -0.4 is 5.32 Å². The summed E-state index contributed by atoms with van der Waals surface area (Å²) in [6.45, 7) is 9.84. The normalized spacial score (nSPS) is 12.5. The second kappa shape index (κ2) is 6.35. The maximum Gasteiger partial charge on any atom is 0.0824 e. The monoisotopic (exact) mass is 189 g/mol. The molecule has 0 aromatic rings.